The minimum atomic E-state index is 0. The molecule has 98 valence electrons. The van der Waals surface area contributed by atoms with Crippen LogP contribution in [-0.4, -0.2) is 29.9 Å². The number of likely N-dealkylation sites (tertiary alicyclic amines) is 1. The molecule has 18 heavy (non-hydrogen) atoms. The third-order valence-electron chi connectivity index (χ3n) is 2.85. The first-order valence-electron chi connectivity index (χ1n) is 5.64. The number of rotatable bonds is 2. The molecular weight excluding hydrogens is 316 g/mol. The molecule has 5 heteroatoms. The Morgan fingerprint density at radius 1 is 1.44 bits per heavy atom. The fourth-order valence-electron chi connectivity index (χ4n) is 1.86. The molecule has 1 atom stereocenters. The van der Waals surface area contributed by atoms with Crippen LogP contribution < -0.4 is 5.73 Å². The SMILES string of the molecule is Cl.NC1CCN(C(=O)/C=C/c2ccccc2Br)C1. The molecule has 1 aliphatic heterocycles. The third-order valence-corrected chi connectivity index (χ3v) is 3.57. The van der Waals surface area contributed by atoms with Gasteiger partial charge in [0.25, 0.3) is 0 Å². The van der Waals surface area contributed by atoms with Crippen molar-refractivity contribution in [3.05, 3.63) is 40.4 Å². The average molecular weight is 332 g/mol. The van der Waals surface area contributed by atoms with Gasteiger partial charge >= 0.3 is 0 Å². The topological polar surface area (TPSA) is 46.3 Å². The van der Waals surface area contributed by atoms with Crippen molar-refractivity contribution in [3.8, 4) is 0 Å². The molecule has 1 aliphatic rings. The van der Waals surface area contributed by atoms with E-state index in [-0.39, 0.29) is 24.4 Å². The van der Waals surface area contributed by atoms with Gasteiger partial charge in [-0.1, -0.05) is 34.1 Å². The summed E-state index contributed by atoms with van der Waals surface area (Å²) < 4.78 is 0.988. The van der Waals surface area contributed by atoms with E-state index in [1.54, 1.807) is 11.0 Å². The second-order valence-electron chi connectivity index (χ2n) is 4.19. The van der Waals surface area contributed by atoms with E-state index < -0.39 is 0 Å². The van der Waals surface area contributed by atoms with Gasteiger partial charge in [-0.3, -0.25) is 4.79 Å². The van der Waals surface area contributed by atoms with Crippen molar-refractivity contribution in [2.45, 2.75) is 12.5 Å². The number of carbonyl (C=O) groups excluding carboxylic acids is 1. The second kappa shape index (κ2) is 6.92. The second-order valence-corrected chi connectivity index (χ2v) is 5.04. The van der Waals surface area contributed by atoms with Gasteiger partial charge in [-0.2, -0.15) is 0 Å². The van der Waals surface area contributed by atoms with Gasteiger partial charge < -0.3 is 10.6 Å². The number of amides is 1. The Bertz CT molecular complexity index is 450. The Balaban J connectivity index is 0.00000162. The molecule has 3 nitrogen and oxygen atoms in total. The van der Waals surface area contributed by atoms with Gasteiger partial charge in [-0.05, 0) is 24.1 Å². The van der Waals surface area contributed by atoms with Crippen LogP contribution in [0.3, 0.4) is 0 Å². The largest absolute Gasteiger partial charge is 0.338 e. The molecule has 0 radical (unpaired) electrons. The summed E-state index contributed by atoms with van der Waals surface area (Å²) in [5.74, 6) is 0.0358. The lowest BCUT2D eigenvalue weighted by atomic mass is 10.2. The number of nitrogens with two attached hydrogens (primary N) is 1. The maximum atomic E-state index is 11.8. The van der Waals surface area contributed by atoms with Crippen LogP contribution in [0.25, 0.3) is 6.08 Å². The van der Waals surface area contributed by atoms with Crippen molar-refractivity contribution in [1.29, 1.82) is 0 Å². The Morgan fingerprint density at radius 3 is 2.78 bits per heavy atom. The number of hydrogen-bond acceptors (Lipinski definition) is 2. The van der Waals surface area contributed by atoms with E-state index in [1.165, 1.54) is 0 Å². The lowest BCUT2D eigenvalue weighted by Gasteiger charge is -2.12. The zero-order valence-electron chi connectivity index (χ0n) is 9.88. The van der Waals surface area contributed by atoms with E-state index in [4.69, 9.17) is 5.73 Å². The van der Waals surface area contributed by atoms with Crippen molar-refractivity contribution < 1.29 is 4.79 Å². The summed E-state index contributed by atoms with van der Waals surface area (Å²) in [5.41, 5.74) is 6.77. The molecule has 0 bridgehead atoms. The van der Waals surface area contributed by atoms with Gasteiger partial charge in [-0.15, -0.1) is 12.4 Å². The van der Waals surface area contributed by atoms with Crippen LogP contribution in [0.5, 0.6) is 0 Å². The molecule has 1 unspecified atom stereocenters. The number of benzene rings is 1. The minimum absolute atomic E-state index is 0. The van der Waals surface area contributed by atoms with E-state index in [1.807, 2.05) is 30.3 Å². The van der Waals surface area contributed by atoms with Gasteiger partial charge in [-0.25, -0.2) is 0 Å². The monoisotopic (exact) mass is 330 g/mol. The van der Waals surface area contributed by atoms with Crippen molar-refractivity contribution >= 4 is 40.3 Å². The first-order chi connectivity index (χ1) is 8.16. The number of hydrogen-bond donors (Lipinski definition) is 1. The predicted octanol–water partition coefficient (Wildman–Crippen LogP) is 2.44. The summed E-state index contributed by atoms with van der Waals surface area (Å²) in [4.78, 5) is 13.6. The summed E-state index contributed by atoms with van der Waals surface area (Å²) in [5, 5.41) is 0. The van der Waals surface area contributed by atoms with E-state index >= 15 is 0 Å². The zero-order chi connectivity index (χ0) is 12.3. The van der Waals surface area contributed by atoms with Crippen molar-refractivity contribution in [1.82, 2.24) is 4.90 Å². The zero-order valence-corrected chi connectivity index (χ0v) is 12.3. The van der Waals surface area contributed by atoms with E-state index in [0.29, 0.717) is 6.54 Å². The fraction of sp³-hybridized carbons (Fsp3) is 0.308. The number of halogens is 2. The van der Waals surface area contributed by atoms with Crippen LogP contribution in [0.4, 0.5) is 0 Å². The summed E-state index contributed by atoms with van der Waals surface area (Å²) in [6, 6.07) is 7.94. The van der Waals surface area contributed by atoms with E-state index in [2.05, 4.69) is 15.9 Å². The molecule has 1 amide bonds. The van der Waals surface area contributed by atoms with Crippen LogP contribution in [0.2, 0.25) is 0 Å². The molecule has 0 aromatic heterocycles. The van der Waals surface area contributed by atoms with E-state index in [9.17, 15) is 4.79 Å². The fourth-order valence-corrected chi connectivity index (χ4v) is 2.28. The molecule has 1 aromatic rings. The average Bonchev–Trinajstić information content (AvgIpc) is 2.74. The molecular formula is C13H16BrClN2O. The van der Waals surface area contributed by atoms with Crippen LogP contribution >= 0.6 is 28.3 Å². The van der Waals surface area contributed by atoms with Crippen LogP contribution in [0, 0.1) is 0 Å². The van der Waals surface area contributed by atoms with Gasteiger partial charge in [0.15, 0.2) is 0 Å². The highest BCUT2D eigenvalue weighted by atomic mass is 79.9. The quantitative estimate of drug-likeness (QED) is 0.846. The van der Waals surface area contributed by atoms with Gasteiger partial charge in [0, 0.05) is 29.7 Å². The van der Waals surface area contributed by atoms with Crippen molar-refractivity contribution in [3.63, 3.8) is 0 Å². The predicted molar refractivity (Wildman–Crippen MR) is 79.6 cm³/mol. The maximum absolute atomic E-state index is 11.8. The summed E-state index contributed by atoms with van der Waals surface area (Å²) in [6.07, 6.45) is 4.34. The van der Waals surface area contributed by atoms with Gasteiger partial charge in [0.1, 0.15) is 0 Å². The molecule has 0 saturated carbocycles. The summed E-state index contributed by atoms with van der Waals surface area (Å²) in [7, 11) is 0. The molecule has 2 rings (SSSR count). The van der Waals surface area contributed by atoms with Crippen molar-refractivity contribution in [2.24, 2.45) is 5.73 Å². The lowest BCUT2D eigenvalue weighted by Crippen LogP contribution is -2.30. The molecule has 1 fully saturated rings. The van der Waals surface area contributed by atoms with Gasteiger partial charge in [0.05, 0.1) is 0 Å². The third kappa shape index (κ3) is 3.83. The number of nitrogens with zero attached hydrogens (tertiary/aromatic N) is 1. The van der Waals surface area contributed by atoms with Crippen molar-refractivity contribution in [2.75, 3.05) is 13.1 Å². The normalized spacial score (nSPS) is 19.0. The molecule has 1 aromatic carbocycles. The molecule has 1 saturated heterocycles. The molecule has 0 spiro atoms. The standard InChI is InChI=1S/C13H15BrN2O.ClH/c14-12-4-2-1-3-10(12)5-6-13(17)16-8-7-11(15)9-16;/h1-6,11H,7-9,15H2;1H/b6-5+;. The summed E-state index contributed by atoms with van der Waals surface area (Å²) in [6.45, 7) is 1.43. The van der Waals surface area contributed by atoms with Crippen LogP contribution in [0.15, 0.2) is 34.8 Å². The van der Waals surface area contributed by atoms with E-state index in [0.717, 1.165) is 23.0 Å². The smallest absolute Gasteiger partial charge is 0.246 e. The lowest BCUT2D eigenvalue weighted by molar-refractivity contribution is -0.124. The molecule has 1 heterocycles. The highest BCUT2D eigenvalue weighted by molar-refractivity contribution is 9.10. The Labute approximate surface area is 122 Å². The number of carbonyl (C=O) groups is 1. The Hall–Kier alpha value is -0.840. The Morgan fingerprint density at radius 2 is 2.17 bits per heavy atom. The molecule has 0 aliphatic carbocycles. The first-order valence-corrected chi connectivity index (χ1v) is 6.43. The minimum Gasteiger partial charge on any atom is -0.338 e. The Kier molecular flexibility index (Phi) is 5.85. The van der Waals surface area contributed by atoms with Crippen LogP contribution in [0.1, 0.15) is 12.0 Å². The molecule has 2 N–H and O–H groups in total. The van der Waals surface area contributed by atoms with Crippen LogP contribution in [-0.2, 0) is 4.79 Å². The maximum Gasteiger partial charge on any atom is 0.246 e. The first kappa shape index (κ1) is 15.2. The highest BCUT2D eigenvalue weighted by Gasteiger charge is 2.21. The summed E-state index contributed by atoms with van der Waals surface area (Å²) >= 11 is 3.44. The van der Waals surface area contributed by atoms with Gasteiger partial charge in [0.2, 0.25) is 5.91 Å². The highest BCUT2D eigenvalue weighted by Crippen LogP contribution is 2.17.